The SMILES string of the molecule is COc1cccc(NC(C)(CO)CC(C)(C)OC)c1. The number of aliphatic hydroxyl groups is 1. The van der Waals surface area contributed by atoms with E-state index in [0.29, 0.717) is 6.42 Å². The summed E-state index contributed by atoms with van der Waals surface area (Å²) in [6.45, 7) is 6.02. The second-order valence-corrected chi connectivity index (χ2v) is 5.72. The molecule has 2 N–H and O–H groups in total. The summed E-state index contributed by atoms with van der Waals surface area (Å²) < 4.78 is 10.6. The van der Waals surface area contributed by atoms with Crippen LogP contribution in [0.15, 0.2) is 24.3 Å². The van der Waals surface area contributed by atoms with Gasteiger partial charge in [-0.05, 0) is 32.9 Å². The zero-order valence-electron chi connectivity index (χ0n) is 12.5. The Hall–Kier alpha value is -1.26. The van der Waals surface area contributed by atoms with Crippen molar-refractivity contribution < 1.29 is 14.6 Å². The Bertz CT molecular complexity index is 406. The number of hydrogen-bond donors (Lipinski definition) is 2. The molecule has 0 saturated carbocycles. The van der Waals surface area contributed by atoms with Crippen LogP contribution in [-0.2, 0) is 4.74 Å². The average Bonchev–Trinajstić information content (AvgIpc) is 2.38. The number of benzene rings is 1. The molecule has 1 aromatic carbocycles. The highest BCUT2D eigenvalue weighted by atomic mass is 16.5. The van der Waals surface area contributed by atoms with Crippen LogP contribution in [0.25, 0.3) is 0 Å². The topological polar surface area (TPSA) is 50.7 Å². The molecule has 1 aromatic rings. The van der Waals surface area contributed by atoms with Gasteiger partial charge in [0.15, 0.2) is 0 Å². The molecule has 0 aliphatic carbocycles. The van der Waals surface area contributed by atoms with Crippen molar-refractivity contribution in [3.05, 3.63) is 24.3 Å². The number of rotatable bonds is 7. The molecule has 0 spiro atoms. The molecular weight excluding hydrogens is 242 g/mol. The summed E-state index contributed by atoms with van der Waals surface area (Å²) in [5.41, 5.74) is 0.165. The molecule has 0 heterocycles. The average molecular weight is 267 g/mol. The molecule has 0 bridgehead atoms. The summed E-state index contributed by atoms with van der Waals surface area (Å²) in [6.07, 6.45) is 0.685. The molecule has 1 atom stereocenters. The van der Waals surface area contributed by atoms with E-state index >= 15 is 0 Å². The zero-order chi connectivity index (χ0) is 14.5. The zero-order valence-corrected chi connectivity index (χ0v) is 12.5. The largest absolute Gasteiger partial charge is 0.497 e. The standard InChI is InChI=1S/C15H25NO3/c1-14(2,19-5)10-15(3,11-17)16-12-7-6-8-13(9-12)18-4/h6-9,16-17H,10-11H2,1-5H3. The van der Waals surface area contributed by atoms with Crippen molar-refractivity contribution in [3.8, 4) is 5.75 Å². The molecule has 4 nitrogen and oxygen atoms in total. The van der Waals surface area contributed by atoms with Gasteiger partial charge in [0.05, 0.1) is 24.9 Å². The third-order valence-electron chi connectivity index (χ3n) is 3.23. The summed E-state index contributed by atoms with van der Waals surface area (Å²) in [7, 11) is 3.32. The van der Waals surface area contributed by atoms with Crippen molar-refractivity contribution in [1.82, 2.24) is 0 Å². The van der Waals surface area contributed by atoms with Crippen molar-refractivity contribution >= 4 is 5.69 Å². The van der Waals surface area contributed by atoms with Gasteiger partial charge >= 0.3 is 0 Å². The highest BCUT2D eigenvalue weighted by Gasteiger charge is 2.32. The van der Waals surface area contributed by atoms with E-state index in [1.165, 1.54) is 0 Å². The minimum Gasteiger partial charge on any atom is -0.497 e. The first-order valence-electron chi connectivity index (χ1n) is 6.42. The van der Waals surface area contributed by atoms with E-state index in [-0.39, 0.29) is 12.2 Å². The maximum absolute atomic E-state index is 9.68. The first-order chi connectivity index (χ1) is 8.84. The highest BCUT2D eigenvalue weighted by Crippen LogP contribution is 2.27. The Morgan fingerprint density at radius 2 is 1.89 bits per heavy atom. The quantitative estimate of drug-likeness (QED) is 0.797. The summed E-state index contributed by atoms with van der Waals surface area (Å²) in [4.78, 5) is 0. The molecule has 0 saturated heterocycles. The molecule has 0 aromatic heterocycles. The van der Waals surface area contributed by atoms with Gasteiger partial charge in [0.2, 0.25) is 0 Å². The molecule has 0 aliphatic heterocycles. The van der Waals surface area contributed by atoms with E-state index in [1.807, 2.05) is 45.0 Å². The minimum atomic E-state index is -0.453. The van der Waals surface area contributed by atoms with Gasteiger partial charge in [0, 0.05) is 25.3 Å². The molecule has 19 heavy (non-hydrogen) atoms. The fraction of sp³-hybridized carbons (Fsp3) is 0.600. The summed E-state index contributed by atoms with van der Waals surface area (Å²) in [6, 6.07) is 7.67. The van der Waals surface area contributed by atoms with Gasteiger partial charge in [-0.1, -0.05) is 6.07 Å². The minimum absolute atomic E-state index is 0.0248. The van der Waals surface area contributed by atoms with Gasteiger partial charge in [-0.15, -0.1) is 0 Å². The van der Waals surface area contributed by atoms with Crippen LogP contribution in [0.3, 0.4) is 0 Å². The van der Waals surface area contributed by atoms with Crippen LogP contribution in [0.2, 0.25) is 0 Å². The van der Waals surface area contributed by atoms with Crippen LogP contribution in [0.1, 0.15) is 27.2 Å². The molecule has 0 amide bonds. The third-order valence-corrected chi connectivity index (χ3v) is 3.23. The fourth-order valence-corrected chi connectivity index (χ4v) is 2.20. The Labute approximate surface area is 115 Å². The monoisotopic (exact) mass is 267 g/mol. The molecule has 108 valence electrons. The van der Waals surface area contributed by atoms with E-state index < -0.39 is 5.54 Å². The normalized spacial score (nSPS) is 14.8. The highest BCUT2D eigenvalue weighted by molar-refractivity contribution is 5.50. The maximum Gasteiger partial charge on any atom is 0.120 e. The van der Waals surface area contributed by atoms with E-state index in [0.717, 1.165) is 11.4 Å². The molecule has 0 aliphatic rings. The summed E-state index contributed by atoms with van der Waals surface area (Å²) >= 11 is 0. The van der Waals surface area contributed by atoms with Gasteiger partial charge < -0.3 is 19.9 Å². The number of methoxy groups -OCH3 is 2. The van der Waals surface area contributed by atoms with Crippen LogP contribution in [0, 0.1) is 0 Å². The predicted octanol–water partition coefficient (Wildman–Crippen LogP) is 2.67. The second kappa shape index (κ2) is 6.26. The molecule has 0 fully saturated rings. The van der Waals surface area contributed by atoms with Crippen LogP contribution >= 0.6 is 0 Å². The number of aliphatic hydroxyl groups excluding tert-OH is 1. The van der Waals surface area contributed by atoms with E-state index in [1.54, 1.807) is 14.2 Å². The lowest BCUT2D eigenvalue weighted by atomic mass is 9.88. The second-order valence-electron chi connectivity index (χ2n) is 5.72. The molecular formula is C15H25NO3. The Morgan fingerprint density at radius 3 is 2.42 bits per heavy atom. The number of nitrogens with one attached hydrogen (secondary N) is 1. The van der Waals surface area contributed by atoms with Gasteiger partial charge in [0.25, 0.3) is 0 Å². The van der Waals surface area contributed by atoms with Crippen LogP contribution in [0.4, 0.5) is 5.69 Å². The Kier molecular flexibility index (Phi) is 5.20. The molecule has 4 heteroatoms. The third kappa shape index (κ3) is 4.73. The van der Waals surface area contributed by atoms with Crippen LogP contribution in [-0.4, -0.2) is 37.1 Å². The lowest BCUT2D eigenvalue weighted by Gasteiger charge is -2.37. The van der Waals surface area contributed by atoms with E-state index in [4.69, 9.17) is 9.47 Å². The van der Waals surface area contributed by atoms with Gasteiger partial charge in [0.1, 0.15) is 5.75 Å². The van der Waals surface area contributed by atoms with E-state index in [2.05, 4.69) is 5.32 Å². The number of hydrogen-bond acceptors (Lipinski definition) is 4. The van der Waals surface area contributed by atoms with Crippen molar-refractivity contribution in [2.45, 2.75) is 38.3 Å². The maximum atomic E-state index is 9.68. The lowest BCUT2D eigenvalue weighted by molar-refractivity contribution is -0.00531. The van der Waals surface area contributed by atoms with Crippen molar-refractivity contribution in [3.63, 3.8) is 0 Å². The van der Waals surface area contributed by atoms with Gasteiger partial charge in [-0.25, -0.2) is 0 Å². The van der Waals surface area contributed by atoms with Gasteiger partial charge in [-0.2, -0.15) is 0 Å². The summed E-state index contributed by atoms with van der Waals surface area (Å²) in [5, 5.41) is 13.0. The first-order valence-corrected chi connectivity index (χ1v) is 6.42. The fourth-order valence-electron chi connectivity index (χ4n) is 2.20. The molecule has 1 rings (SSSR count). The smallest absolute Gasteiger partial charge is 0.120 e. The predicted molar refractivity (Wildman–Crippen MR) is 77.8 cm³/mol. The summed E-state index contributed by atoms with van der Waals surface area (Å²) in [5.74, 6) is 0.788. The molecule has 0 radical (unpaired) electrons. The van der Waals surface area contributed by atoms with Crippen molar-refractivity contribution in [2.24, 2.45) is 0 Å². The number of anilines is 1. The Morgan fingerprint density at radius 1 is 1.21 bits per heavy atom. The first kappa shape index (κ1) is 15.8. The van der Waals surface area contributed by atoms with E-state index in [9.17, 15) is 5.11 Å². The van der Waals surface area contributed by atoms with Crippen LogP contribution in [0.5, 0.6) is 5.75 Å². The van der Waals surface area contributed by atoms with Crippen molar-refractivity contribution in [1.29, 1.82) is 0 Å². The van der Waals surface area contributed by atoms with Crippen LogP contribution < -0.4 is 10.1 Å². The number of ether oxygens (including phenoxy) is 2. The van der Waals surface area contributed by atoms with Crippen molar-refractivity contribution in [2.75, 3.05) is 26.1 Å². The lowest BCUT2D eigenvalue weighted by Crippen LogP contribution is -2.45. The Balaban J connectivity index is 2.85. The van der Waals surface area contributed by atoms with Gasteiger partial charge in [-0.3, -0.25) is 0 Å². The molecule has 1 unspecified atom stereocenters.